The molecule has 1 aliphatic rings. The number of aromatic nitrogens is 1. The molecule has 0 aliphatic carbocycles. The summed E-state index contributed by atoms with van der Waals surface area (Å²) >= 11 is 1.80. The van der Waals surface area contributed by atoms with Crippen LogP contribution in [0.2, 0.25) is 0 Å². The molecule has 1 saturated heterocycles. The average molecular weight is 260 g/mol. The first-order valence-electron chi connectivity index (χ1n) is 6.05. The van der Waals surface area contributed by atoms with Crippen LogP contribution in [0.1, 0.15) is 10.9 Å². The van der Waals surface area contributed by atoms with E-state index in [1.165, 1.54) is 15.4 Å². The molecule has 0 atom stereocenters. The predicted molar refractivity (Wildman–Crippen MR) is 74.3 cm³/mol. The summed E-state index contributed by atoms with van der Waals surface area (Å²) in [5.41, 5.74) is 1.19. The molecule has 0 N–H and O–H groups in total. The van der Waals surface area contributed by atoms with Crippen LogP contribution in [0.15, 0.2) is 30.5 Å². The highest BCUT2D eigenvalue weighted by atomic mass is 32.1. The number of likely N-dealkylation sites (tertiary alicyclic amines) is 1. The summed E-state index contributed by atoms with van der Waals surface area (Å²) in [6.45, 7) is 2.26. The number of benzene rings is 1. The minimum Gasteiger partial charge on any atom is -0.497 e. The van der Waals surface area contributed by atoms with Gasteiger partial charge < -0.3 is 9.64 Å². The van der Waals surface area contributed by atoms with E-state index in [4.69, 9.17) is 4.74 Å². The molecule has 1 fully saturated rings. The monoisotopic (exact) mass is 260 g/mol. The maximum atomic E-state index is 5.25. The Hall–Kier alpha value is -1.39. The van der Waals surface area contributed by atoms with Crippen LogP contribution in [0, 0.1) is 0 Å². The van der Waals surface area contributed by atoms with E-state index in [9.17, 15) is 0 Å². The maximum Gasteiger partial charge on any atom is 0.119 e. The molecule has 1 aromatic heterocycles. The van der Waals surface area contributed by atoms with E-state index in [1.807, 2.05) is 18.3 Å². The number of hydrogen-bond donors (Lipinski definition) is 0. The summed E-state index contributed by atoms with van der Waals surface area (Å²) < 4.78 is 5.25. The molecule has 2 aromatic rings. The third-order valence-electron chi connectivity index (χ3n) is 3.29. The van der Waals surface area contributed by atoms with Gasteiger partial charge in [-0.05, 0) is 24.7 Å². The highest BCUT2D eigenvalue weighted by Crippen LogP contribution is 2.34. The molecule has 0 bridgehead atoms. The molecule has 1 aromatic carbocycles. The zero-order valence-corrected chi connectivity index (χ0v) is 11.4. The van der Waals surface area contributed by atoms with Crippen LogP contribution in [0.3, 0.4) is 0 Å². The van der Waals surface area contributed by atoms with E-state index in [-0.39, 0.29) is 0 Å². The fraction of sp³-hybridized carbons (Fsp3) is 0.357. The Bertz CT molecular complexity index is 546. The van der Waals surface area contributed by atoms with Crippen molar-refractivity contribution in [3.63, 3.8) is 0 Å². The molecule has 2 heterocycles. The predicted octanol–water partition coefficient (Wildman–Crippen LogP) is 2.85. The van der Waals surface area contributed by atoms with Crippen molar-refractivity contribution in [3.05, 3.63) is 35.5 Å². The summed E-state index contributed by atoms with van der Waals surface area (Å²) in [7, 11) is 3.84. The van der Waals surface area contributed by atoms with E-state index in [2.05, 4.69) is 29.1 Å². The van der Waals surface area contributed by atoms with Crippen molar-refractivity contribution in [1.29, 1.82) is 0 Å². The summed E-state index contributed by atoms with van der Waals surface area (Å²) in [4.78, 5) is 8.09. The molecular formula is C14H16N2OS. The van der Waals surface area contributed by atoms with E-state index >= 15 is 0 Å². The highest BCUT2D eigenvalue weighted by molar-refractivity contribution is 7.15. The largest absolute Gasteiger partial charge is 0.497 e. The van der Waals surface area contributed by atoms with Crippen LogP contribution >= 0.6 is 11.3 Å². The second-order valence-electron chi connectivity index (χ2n) is 4.71. The number of ether oxygens (including phenoxy) is 1. The zero-order valence-electron chi connectivity index (χ0n) is 10.6. The molecule has 3 rings (SSSR count). The summed E-state index contributed by atoms with van der Waals surface area (Å²) in [6.07, 6.45) is 1.98. The Labute approximate surface area is 111 Å². The van der Waals surface area contributed by atoms with E-state index in [1.54, 1.807) is 18.4 Å². The molecule has 1 aliphatic heterocycles. The molecule has 0 saturated carbocycles. The zero-order chi connectivity index (χ0) is 12.5. The van der Waals surface area contributed by atoms with Crippen LogP contribution in [-0.4, -0.2) is 37.1 Å². The second kappa shape index (κ2) is 4.71. The van der Waals surface area contributed by atoms with Crippen LogP contribution in [0.5, 0.6) is 5.75 Å². The van der Waals surface area contributed by atoms with Crippen LogP contribution in [0.25, 0.3) is 10.4 Å². The summed E-state index contributed by atoms with van der Waals surface area (Å²) in [5.74, 6) is 1.52. The molecule has 0 amide bonds. The van der Waals surface area contributed by atoms with Gasteiger partial charge in [0.05, 0.1) is 17.0 Å². The van der Waals surface area contributed by atoms with Gasteiger partial charge in [-0.15, -0.1) is 11.3 Å². The Kier molecular flexibility index (Phi) is 3.06. The van der Waals surface area contributed by atoms with Crippen LogP contribution in [0.4, 0.5) is 0 Å². The van der Waals surface area contributed by atoms with Crippen LogP contribution < -0.4 is 4.74 Å². The van der Waals surface area contributed by atoms with E-state index < -0.39 is 0 Å². The third-order valence-corrected chi connectivity index (χ3v) is 4.50. The van der Waals surface area contributed by atoms with Crippen molar-refractivity contribution in [2.75, 3.05) is 27.2 Å². The Morgan fingerprint density at radius 1 is 1.39 bits per heavy atom. The average Bonchev–Trinajstić information content (AvgIpc) is 2.84. The topological polar surface area (TPSA) is 25.4 Å². The van der Waals surface area contributed by atoms with E-state index in [0.29, 0.717) is 5.92 Å². The molecule has 0 spiro atoms. The van der Waals surface area contributed by atoms with Crippen molar-refractivity contribution in [1.82, 2.24) is 9.88 Å². The molecule has 4 heteroatoms. The lowest BCUT2D eigenvalue weighted by atomic mass is 10.0. The number of thiazole rings is 1. The lowest BCUT2D eigenvalue weighted by Crippen LogP contribution is -2.41. The van der Waals surface area contributed by atoms with Crippen molar-refractivity contribution in [3.8, 4) is 16.2 Å². The molecule has 3 nitrogen and oxygen atoms in total. The first kappa shape index (κ1) is 11.7. The Morgan fingerprint density at radius 2 is 2.22 bits per heavy atom. The number of methoxy groups -OCH3 is 1. The minimum atomic E-state index is 0.624. The lowest BCUT2D eigenvalue weighted by Gasteiger charge is -2.34. The number of rotatable bonds is 3. The smallest absolute Gasteiger partial charge is 0.119 e. The van der Waals surface area contributed by atoms with Gasteiger partial charge in [-0.2, -0.15) is 0 Å². The van der Waals surface area contributed by atoms with Crippen LogP contribution in [-0.2, 0) is 0 Å². The standard InChI is InChI=1S/C14H16N2OS/c1-16-8-11(9-16)14-15-7-13(18-14)10-4-3-5-12(6-10)17-2/h3-7,11H,8-9H2,1-2H3. The molecule has 18 heavy (non-hydrogen) atoms. The van der Waals surface area contributed by atoms with E-state index in [0.717, 1.165) is 18.8 Å². The number of hydrogen-bond acceptors (Lipinski definition) is 4. The molecular weight excluding hydrogens is 244 g/mol. The summed E-state index contributed by atoms with van der Waals surface area (Å²) in [5, 5.41) is 1.26. The number of likely N-dealkylation sites (N-methyl/N-ethyl adjacent to an activating group) is 1. The van der Waals surface area contributed by atoms with Gasteiger partial charge in [0.1, 0.15) is 5.75 Å². The van der Waals surface area contributed by atoms with Gasteiger partial charge in [0, 0.05) is 25.2 Å². The fourth-order valence-electron chi connectivity index (χ4n) is 2.24. The third kappa shape index (κ3) is 2.13. The number of nitrogens with zero attached hydrogens (tertiary/aromatic N) is 2. The SMILES string of the molecule is COc1cccc(-c2cnc(C3CN(C)C3)s2)c1. The second-order valence-corrected chi connectivity index (χ2v) is 5.78. The van der Waals surface area contributed by atoms with Gasteiger partial charge in [0.2, 0.25) is 0 Å². The first-order valence-corrected chi connectivity index (χ1v) is 6.86. The van der Waals surface area contributed by atoms with Gasteiger partial charge in [0.15, 0.2) is 0 Å². The summed E-state index contributed by atoms with van der Waals surface area (Å²) in [6, 6.07) is 8.15. The van der Waals surface area contributed by atoms with Crippen molar-refractivity contribution in [2.24, 2.45) is 0 Å². The van der Waals surface area contributed by atoms with Gasteiger partial charge in [-0.25, -0.2) is 4.98 Å². The maximum absolute atomic E-state index is 5.25. The minimum absolute atomic E-state index is 0.624. The van der Waals surface area contributed by atoms with Gasteiger partial charge in [-0.3, -0.25) is 0 Å². The molecule has 0 radical (unpaired) electrons. The fourth-order valence-corrected chi connectivity index (χ4v) is 3.24. The Morgan fingerprint density at radius 3 is 2.94 bits per heavy atom. The van der Waals surface area contributed by atoms with Crippen molar-refractivity contribution in [2.45, 2.75) is 5.92 Å². The van der Waals surface area contributed by atoms with Gasteiger partial charge in [0.25, 0.3) is 0 Å². The first-order chi connectivity index (χ1) is 8.76. The molecule has 0 unspecified atom stereocenters. The van der Waals surface area contributed by atoms with Gasteiger partial charge >= 0.3 is 0 Å². The Balaban J connectivity index is 1.83. The lowest BCUT2D eigenvalue weighted by molar-refractivity contribution is 0.189. The van der Waals surface area contributed by atoms with Crippen molar-refractivity contribution >= 4 is 11.3 Å². The highest BCUT2D eigenvalue weighted by Gasteiger charge is 2.27. The normalized spacial score (nSPS) is 16.6. The van der Waals surface area contributed by atoms with Crippen molar-refractivity contribution < 1.29 is 4.74 Å². The van der Waals surface area contributed by atoms with Gasteiger partial charge in [-0.1, -0.05) is 12.1 Å². The molecule has 94 valence electrons. The quantitative estimate of drug-likeness (QED) is 0.848.